The number of phenolic OH excluding ortho intramolecular Hbond substituents is 1. The number of hydrogen-bond donors (Lipinski definition) is 5. The molecule has 4 aromatic rings. The number of nitrogens with two attached hydrogens (primary N) is 1. The molecule has 6 N–H and O–H groups in total. The zero-order valence-electron chi connectivity index (χ0n) is 24.9. The van der Waals surface area contributed by atoms with E-state index in [0.717, 1.165) is 54.7 Å². The van der Waals surface area contributed by atoms with Gasteiger partial charge in [-0.25, -0.2) is 0 Å². The number of phenols is 1. The molecule has 0 radical (unpaired) electrons. The van der Waals surface area contributed by atoms with E-state index in [-0.39, 0.29) is 14.9 Å². The molecule has 0 aliphatic heterocycles. The number of aromatic hydroxyl groups is 1. The van der Waals surface area contributed by atoms with Gasteiger partial charge in [-0.1, -0.05) is 101 Å². The van der Waals surface area contributed by atoms with Crippen LogP contribution in [-0.4, -0.2) is 5.11 Å². The maximum absolute atomic E-state index is 11.4. The Morgan fingerprint density at radius 1 is 0.558 bits per heavy atom. The van der Waals surface area contributed by atoms with Crippen LogP contribution < -0.4 is 21.7 Å². The Bertz CT molecular complexity index is 1340. The van der Waals surface area contributed by atoms with Crippen LogP contribution in [0, 0.1) is 6.92 Å². The van der Waals surface area contributed by atoms with Crippen molar-refractivity contribution in [2.45, 2.75) is 94.3 Å². The molecule has 0 aliphatic rings. The molecule has 0 saturated carbocycles. The minimum Gasteiger partial charge on any atom is -0.507 e. The van der Waals surface area contributed by atoms with Gasteiger partial charge in [0.25, 0.3) is 0 Å². The molecule has 5 nitrogen and oxygen atoms in total. The van der Waals surface area contributed by atoms with E-state index < -0.39 is 0 Å². The fourth-order valence-electron chi connectivity index (χ4n) is 5.29. The predicted molar refractivity (Wildman–Crippen MR) is 184 cm³/mol. The van der Waals surface area contributed by atoms with Gasteiger partial charge in [0.05, 0.1) is 0 Å². The highest BCUT2D eigenvalue weighted by Gasteiger charge is 2.15. The number of hydrogen-bond acceptors (Lipinski definition) is 5. The normalized spacial score (nSPS) is 10.7. The van der Waals surface area contributed by atoms with Gasteiger partial charge in [-0.2, -0.15) is 0 Å². The third-order valence-corrected chi connectivity index (χ3v) is 7.82. The molecule has 0 saturated heterocycles. The van der Waals surface area contributed by atoms with E-state index in [4.69, 9.17) is 5.73 Å². The summed E-state index contributed by atoms with van der Waals surface area (Å²) in [4.78, 5) is 0. The van der Waals surface area contributed by atoms with Crippen LogP contribution >= 0.6 is 0 Å². The number of benzene rings is 4. The Labute approximate surface area is 261 Å². The summed E-state index contributed by atoms with van der Waals surface area (Å²) in [5.74, 6) is 0.375. The van der Waals surface area contributed by atoms with Crippen molar-refractivity contribution >= 4 is 0 Å². The molecule has 0 unspecified atom stereocenters. The molecule has 0 amide bonds. The van der Waals surface area contributed by atoms with Gasteiger partial charge in [-0.15, -0.1) is 0 Å². The van der Waals surface area contributed by atoms with Crippen LogP contribution in [-0.2, 0) is 58.7 Å². The zero-order valence-corrected chi connectivity index (χ0v) is 24.9. The molecule has 0 spiro atoms. The third kappa shape index (κ3) is 10.3. The molecule has 4 aromatic carbocycles. The topological polar surface area (TPSA) is 82.3 Å². The second-order valence-corrected chi connectivity index (χ2v) is 10.8. The molecule has 0 atom stereocenters. The smallest absolute Gasteiger partial charge is 0.124 e. The van der Waals surface area contributed by atoms with Crippen LogP contribution in [0.3, 0.4) is 0 Å². The lowest BCUT2D eigenvalue weighted by Gasteiger charge is -2.19. The lowest BCUT2D eigenvalue weighted by Crippen LogP contribution is -2.19. The quantitative estimate of drug-likeness (QED) is 0.101. The molecule has 0 aliphatic carbocycles. The monoisotopic (exact) mass is 582 g/mol. The summed E-state index contributed by atoms with van der Waals surface area (Å²) in [6, 6.07) is 27.9. The highest BCUT2D eigenvalue weighted by Crippen LogP contribution is 2.29. The van der Waals surface area contributed by atoms with Crippen LogP contribution in [0.15, 0.2) is 78.9 Å². The van der Waals surface area contributed by atoms with Gasteiger partial charge in [-0.3, -0.25) is 0 Å². The van der Waals surface area contributed by atoms with E-state index in [1.165, 1.54) is 33.4 Å². The van der Waals surface area contributed by atoms with Crippen molar-refractivity contribution in [1.82, 2.24) is 16.0 Å². The van der Waals surface area contributed by atoms with Gasteiger partial charge in [-0.05, 0) is 70.3 Å². The molecule has 5 heteroatoms. The van der Waals surface area contributed by atoms with Crippen molar-refractivity contribution in [2.75, 3.05) is 0 Å². The Hall–Kier alpha value is -3.48. The largest absolute Gasteiger partial charge is 0.507 e. The van der Waals surface area contributed by atoms with Crippen LogP contribution in [0.4, 0.5) is 0 Å². The zero-order chi connectivity index (χ0) is 29.0. The standard InChI is InChI=1S/C36H46N4O.2CH4/c1-4-27-9-6-12-30(15-27)20-38-23-33-18-34(24-39-21-31-13-7-10-28(5-2)16-31)36(41)35(26(33)3)25-40-22-32-14-8-11-29(17-32)19-37;;/h6-18,38-41H,4-5,19-25,37H2,1-3H3;2*1H4. The molecule has 0 aromatic heterocycles. The molecular weight excluding hydrogens is 528 g/mol. The van der Waals surface area contributed by atoms with Crippen molar-refractivity contribution in [2.24, 2.45) is 5.73 Å². The summed E-state index contributed by atoms with van der Waals surface area (Å²) in [5.41, 5.74) is 17.6. The van der Waals surface area contributed by atoms with Crippen molar-refractivity contribution in [1.29, 1.82) is 0 Å². The first-order valence-electron chi connectivity index (χ1n) is 14.9. The second-order valence-electron chi connectivity index (χ2n) is 10.8. The van der Waals surface area contributed by atoms with Crippen LogP contribution in [0.2, 0.25) is 0 Å². The fraction of sp³-hybridized carbons (Fsp3) is 0.368. The van der Waals surface area contributed by atoms with Gasteiger partial charge >= 0.3 is 0 Å². The first-order valence-corrected chi connectivity index (χ1v) is 14.9. The molecule has 0 fully saturated rings. The highest BCUT2D eigenvalue weighted by molar-refractivity contribution is 5.49. The number of aryl methyl sites for hydroxylation is 2. The summed E-state index contributed by atoms with van der Waals surface area (Å²) in [5, 5.41) is 22.1. The van der Waals surface area contributed by atoms with Crippen molar-refractivity contribution in [3.8, 4) is 5.75 Å². The Balaban J connectivity index is 0.00000323. The maximum atomic E-state index is 11.4. The lowest BCUT2D eigenvalue weighted by atomic mass is 9.96. The molecule has 43 heavy (non-hydrogen) atoms. The van der Waals surface area contributed by atoms with Gasteiger partial charge in [0.1, 0.15) is 5.75 Å². The third-order valence-electron chi connectivity index (χ3n) is 7.82. The van der Waals surface area contributed by atoms with Crippen molar-refractivity contribution < 1.29 is 5.11 Å². The molecule has 4 rings (SSSR count). The minimum absolute atomic E-state index is 0. The first kappa shape index (κ1) is 35.7. The van der Waals surface area contributed by atoms with Crippen molar-refractivity contribution in [3.05, 3.63) is 134 Å². The molecular formula is C38H54N4O. The summed E-state index contributed by atoms with van der Waals surface area (Å²) in [6.07, 6.45) is 2.06. The van der Waals surface area contributed by atoms with E-state index in [1.807, 2.05) is 12.1 Å². The fourth-order valence-corrected chi connectivity index (χ4v) is 5.29. The minimum atomic E-state index is 0. The maximum Gasteiger partial charge on any atom is 0.124 e. The van der Waals surface area contributed by atoms with E-state index in [0.29, 0.717) is 31.9 Å². The Morgan fingerprint density at radius 2 is 0.977 bits per heavy atom. The highest BCUT2D eigenvalue weighted by atomic mass is 16.3. The van der Waals surface area contributed by atoms with E-state index in [1.54, 1.807) is 0 Å². The van der Waals surface area contributed by atoms with Gasteiger partial charge in [0.2, 0.25) is 0 Å². The van der Waals surface area contributed by atoms with E-state index in [9.17, 15) is 5.11 Å². The average Bonchev–Trinajstić information content (AvgIpc) is 3.01. The van der Waals surface area contributed by atoms with Gasteiger partial charge in [0.15, 0.2) is 0 Å². The average molecular weight is 583 g/mol. The van der Waals surface area contributed by atoms with E-state index in [2.05, 4.69) is 103 Å². The van der Waals surface area contributed by atoms with Crippen LogP contribution in [0.1, 0.15) is 84.3 Å². The molecule has 232 valence electrons. The number of rotatable bonds is 15. The Kier molecular flexibility index (Phi) is 15.2. The van der Waals surface area contributed by atoms with Crippen LogP contribution in [0.25, 0.3) is 0 Å². The SMILES string of the molecule is C.C.CCc1cccc(CNCc2cc(CNCc3cccc(CC)c3)c(O)c(CNCc3cccc(CN)c3)c2C)c1. The summed E-state index contributed by atoms with van der Waals surface area (Å²) < 4.78 is 0. The second kappa shape index (κ2) is 18.2. The van der Waals surface area contributed by atoms with Crippen LogP contribution in [0.5, 0.6) is 5.75 Å². The molecule has 0 heterocycles. The predicted octanol–water partition coefficient (Wildman–Crippen LogP) is 7.43. The lowest BCUT2D eigenvalue weighted by molar-refractivity contribution is 0.452. The van der Waals surface area contributed by atoms with Crippen molar-refractivity contribution in [3.63, 3.8) is 0 Å². The summed E-state index contributed by atoms with van der Waals surface area (Å²) in [6.45, 7) is 11.2. The number of nitrogens with one attached hydrogen (secondary N) is 3. The van der Waals surface area contributed by atoms with Gasteiger partial charge < -0.3 is 26.8 Å². The summed E-state index contributed by atoms with van der Waals surface area (Å²) >= 11 is 0. The first-order chi connectivity index (χ1) is 20.0. The Morgan fingerprint density at radius 3 is 1.47 bits per heavy atom. The summed E-state index contributed by atoms with van der Waals surface area (Å²) in [7, 11) is 0. The van der Waals surface area contributed by atoms with E-state index >= 15 is 0 Å². The molecule has 0 bridgehead atoms. The van der Waals surface area contributed by atoms with Gasteiger partial charge in [0, 0.05) is 56.9 Å².